The standard InChI is InChI=1S/C17H16N2O2/c1-13-4-2-5-15(10-13)12-19-17(21)16-8-7-14(11-18-16)6-3-9-20/h2,4-5,7-8,10-11,20H,9,12H2,1H3,(H,19,21). The van der Waals surface area contributed by atoms with Crippen LogP contribution in [0.25, 0.3) is 0 Å². The first-order valence-electron chi connectivity index (χ1n) is 6.58. The number of nitrogens with zero attached hydrogens (tertiary/aromatic N) is 1. The van der Waals surface area contributed by atoms with Gasteiger partial charge in [-0.3, -0.25) is 4.79 Å². The Labute approximate surface area is 123 Å². The van der Waals surface area contributed by atoms with E-state index in [-0.39, 0.29) is 12.5 Å². The lowest BCUT2D eigenvalue weighted by Crippen LogP contribution is -2.23. The van der Waals surface area contributed by atoms with Gasteiger partial charge in [-0.25, -0.2) is 4.98 Å². The zero-order valence-electron chi connectivity index (χ0n) is 11.8. The van der Waals surface area contributed by atoms with Gasteiger partial charge in [-0.15, -0.1) is 0 Å². The van der Waals surface area contributed by atoms with E-state index >= 15 is 0 Å². The summed E-state index contributed by atoms with van der Waals surface area (Å²) in [6.07, 6.45) is 1.52. The number of aliphatic hydroxyl groups is 1. The molecule has 0 unspecified atom stereocenters. The Balaban J connectivity index is 1.97. The fourth-order valence-corrected chi connectivity index (χ4v) is 1.84. The van der Waals surface area contributed by atoms with Crippen LogP contribution in [0, 0.1) is 18.8 Å². The van der Waals surface area contributed by atoms with Gasteiger partial charge in [0.2, 0.25) is 0 Å². The Morgan fingerprint density at radius 1 is 1.33 bits per heavy atom. The highest BCUT2D eigenvalue weighted by atomic mass is 16.2. The number of benzene rings is 1. The number of aliphatic hydroxyl groups excluding tert-OH is 1. The lowest BCUT2D eigenvalue weighted by Gasteiger charge is -2.05. The first-order chi connectivity index (χ1) is 10.2. The van der Waals surface area contributed by atoms with Gasteiger partial charge in [0.25, 0.3) is 5.91 Å². The summed E-state index contributed by atoms with van der Waals surface area (Å²) < 4.78 is 0. The predicted molar refractivity (Wildman–Crippen MR) is 80.6 cm³/mol. The molecule has 1 amide bonds. The third kappa shape index (κ3) is 4.44. The Morgan fingerprint density at radius 2 is 2.19 bits per heavy atom. The second kappa shape index (κ2) is 7.22. The summed E-state index contributed by atoms with van der Waals surface area (Å²) in [6.45, 7) is 2.28. The number of carbonyl (C=O) groups excluding carboxylic acids is 1. The van der Waals surface area contributed by atoms with Crippen molar-refractivity contribution in [3.63, 3.8) is 0 Å². The Hall–Kier alpha value is -2.64. The van der Waals surface area contributed by atoms with Crippen LogP contribution >= 0.6 is 0 Å². The molecule has 2 aromatic rings. The SMILES string of the molecule is Cc1cccc(CNC(=O)c2ccc(C#CCO)cn2)c1. The van der Waals surface area contributed by atoms with Gasteiger partial charge in [0, 0.05) is 18.3 Å². The largest absolute Gasteiger partial charge is 0.384 e. The van der Waals surface area contributed by atoms with Crippen LogP contribution in [0.4, 0.5) is 0 Å². The van der Waals surface area contributed by atoms with Crippen LogP contribution in [0.3, 0.4) is 0 Å². The van der Waals surface area contributed by atoms with Crippen molar-refractivity contribution >= 4 is 5.91 Å². The summed E-state index contributed by atoms with van der Waals surface area (Å²) in [5.41, 5.74) is 3.22. The van der Waals surface area contributed by atoms with Crippen molar-refractivity contribution in [3.05, 3.63) is 65.0 Å². The Kier molecular flexibility index (Phi) is 5.08. The first-order valence-corrected chi connectivity index (χ1v) is 6.58. The molecule has 0 saturated carbocycles. The smallest absolute Gasteiger partial charge is 0.270 e. The Bertz CT molecular complexity index is 682. The highest BCUT2D eigenvalue weighted by molar-refractivity contribution is 5.92. The highest BCUT2D eigenvalue weighted by Gasteiger charge is 2.06. The Morgan fingerprint density at radius 3 is 2.86 bits per heavy atom. The molecule has 106 valence electrons. The number of hydrogen-bond donors (Lipinski definition) is 2. The molecule has 4 heteroatoms. The van der Waals surface area contributed by atoms with E-state index in [1.54, 1.807) is 12.1 Å². The van der Waals surface area contributed by atoms with Crippen molar-refractivity contribution in [1.82, 2.24) is 10.3 Å². The van der Waals surface area contributed by atoms with Crippen LogP contribution in [0.2, 0.25) is 0 Å². The molecule has 0 spiro atoms. The summed E-state index contributed by atoms with van der Waals surface area (Å²) in [6, 6.07) is 11.3. The number of aromatic nitrogens is 1. The van der Waals surface area contributed by atoms with E-state index in [2.05, 4.69) is 22.1 Å². The molecule has 1 aromatic heterocycles. The summed E-state index contributed by atoms with van der Waals surface area (Å²) in [5.74, 6) is 5.04. The molecular formula is C17H16N2O2. The van der Waals surface area contributed by atoms with Crippen LogP contribution in [0.5, 0.6) is 0 Å². The highest BCUT2D eigenvalue weighted by Crippen LogP contribution is 2.04. The average molecular weight is 280 g/mol. The van der Waals surface area contributed by atoms with E-state index < -0.39 is 0 Å². The minimum Gasteiger partial charge on any atom is -0.384 e. The third-order valence-corrected chi connectivity index (χ3v) is 2.84. The van der Waals surface area contributed by atoms with E-state index in [9.17, 15) is 4.79 Å². The van der Waals surface area contributed by atoms with Gasteiger partial charge >= 0.3 is 0 Å². The molecular weight excluding hydrogens is 264 g/mol. The molecule has 0 fully saturated rings. The second-order valence-corrected chi connectivity index (χ2v) is 4.56. The molecule has 4 nitrogen and oxygen atoms in total. The lowest BCUT2D eigenvalue weighted by atomic mass is 10.1. The molecule has 0 bridgehead atoms. The maximum absolute atomic E-state index is 12.0. The van der Waals surface area contributed by atoms with Crippen LogP contribution in [0.15, 0.2) is 42.6 Å². The minimum atomic E-state index is -0.224. The summed E-state index contributed by atoms with van der Waals surface area (Å²) in [4.78, 5) is 16.0. The van der Waals surface area contributed by atoms with Crippen molar-refractivity contribution in [2.75, 3.05) is 6.61 Å². The molecule has 0 aliphatic heterocycles. The first kappa shape index (κ1) is 14.8. The van der Waals surface area contributed by atoms with Gasteiger partial charge in [-0.1, -0.05) is 41.7 Å². The minimum absolute atomic E-state index is 0.196. The molecule has 0 aliphatic carbocycles. The molecule has 21 heavy (non-hydrogen) atoms. The number of carbonyl (C=O) groups is 1. The second-order valence-electron chi connectivity index (χ2n) is 4.56. The van der Waals surface area contributed by atoms with E-state index in [1.165, 1.54) is 6.20 Å². The van der Waals surface area contributed by atoms with E-state index in [0.717, 1.165) is 11.1 Å². The molecule has 1 aromatic carbocycles. The number of pyridine rings is 1. The molecule has 0 saturated heterocycles. The number of nitrogens with one attached hydrogen (secondary N) is 1. The number of amides is 1. The summed E-state index contributed by atoms with van der Waals surface area (Å²) >= 11 is 0. The fraction of sp³-hybridized carbons (Fsp3) is 0.176. The maximum Gasteiger partial charge on any atom is 0.270 e. The molecule has 0 atom stereocenters. The predicted octanol–water partition coefficient (Wildman–Crippen LogP) is 1.66. The molecule has 0 radical (unpaired) electrons. The number of rotatable bonds is 3. The molecule has 2 rings (SSSR count). The van der Waals surface area contributed by atoms with Gasteiger partial charge < -0.3 is 10.4 Å². The van der Waals surface area contributed by atoms with E-state index in [0.29, 0.717) is 17.8 Å². The summed E-state index contributed by atoms with van der Waals surface area (Å²) in [5, 5.41) is 11.4. The van der Waals surface area contributed by atoms with Crippen molar-refractivity contribution in [3.8, 4) is 11.8 Å². The van der Waals surface area contributed by atoms with Crippen molar-refractivity contribution in [1.29, 1.82) is 0 Å². The van der Waals surface area contributed by atoms with Crippen molar-refractivity contribution < 1.29 is 9.90 Å². The average Bonchev–Trinajstić information content (AvgIpc) is 2.51. The maximum atomic E-state index is 12.0. The molecule has 0 aliphatic rings. The van der Waals surface area contributed by atoms with Gasteiger partial charge in [0.05, 0.1) is 0 Å². The quantitative estimate of drug-likeness (QED) is 0.841. The van der Waals surface area contributed by atoms with Crippen LogP contribution in [0.1, 0.15) is 27.2 Å². The fourth-order valence-electron chi connectivity index (χ4n) is 1.84. The van der Waals surface area contributed by atoms with Gasteiger partial charge in [-0.2, -0.15) is 0 Å². The van der Waals surface area contributed by atoms with Gasteiger partial charge in [0.1, 0.15) is 12.3 Å². The van der Waals surface area contributed by atoms with Crippen molar-refractivity contribution in [2.24, 2.45) is 0 Å². The van der Waals surface area contributed by atoms with Crippen molar-refractivity contribution in [2.45, 2.75) is 13.5 Å². The van der Waals surface area contributed by atoms with Crippen LogP contribution in [-0.2, 0) is 6.54 Å². The van der Waals surface area contributed by atoms with E-state index in [1.807, 2.05) is 31.2 Å². The van der Waals surface area contributed by atoms with Gasteiger partial charge in [-0.05, 0) is 24.6 Å². The lowest BCUT2D eigenvalue weighted by molar-refractivity contribution is 0.0946. The monoisotopic (exact) mass is 280 g/mol. The van der Waals surface area contributed by atoms with Gasteiger partial charge in [0.15, 0.2) is 0 Å². The van der Waals surface area contributed by atoms with Crippen LogP contribution in [-0.4, -0.2) is 22.6 Å². The number of hydrogen-bond acceptors (Lipinski definition) is 3. The summed E-state index contributed by atoms with van der Waals surface area (Å²) in [7, 11) is 0. The van der Waals surface area contributed by atoms with Crippen LogP contribution < -0.4 is 5.32 Å². The third-order valence-electron chi connectivity index (χ3n) is 2.84. The zero-order valence-corrected chi connectivity index (χ0v) is 11.8. The molecule has 2 N–H and O–H groups in total. The number of aryl methyl sites for hydroxylation is 1. The normalized spacial score (nSPS) is 9.62. The zero-order chi connectivity index (χ0) is 15.1. The topological polar surface area (TPSA) is 62.2 Å². The molecule has 1 heterocycles. The van der Waals surface area contributed by atoms with E-state index in [4.69, 9.17) is 5.11 Å².